The summed E-state index contributed by atoms with van der Waals surface area (Å²) in [6.07, 6.45) is 2.27. The Morgan fingerprint density at radius 2 is 2.05 bits per heavy atom. The van der Waals surface area contributed by atoms with E-state index in [9.17, 15) is 9.90 Å². The first-order valence-corrected chi connectivity index (χ1v) is 7.41. The highest BCUT2D eigenvalue weighted by molar-refractivity contribution is 5.67. The second-order valence-electron chi connectivity index (χ2n) is 6.14. The molecule has 1 aromatic rings. The predicted octanol–water partition coefficient (Wildman–Crippen LogP) is 2.05. The van der Waals surface area contributed by atoms with Gasteiger partial charge >= 0.3 is 0 Å². The number of benzene rings is 1. The third-order valence-electron chi connectivity index (χ3n) is 4.68. The van der Waals surface area contributed by atoms with Crippen LogP contribution in [0.15, 0.2) is 24.3 Å². The standard InChI is InChI=1S/C17H24O4/c1-4-16(2)12-17(9-10-21-16,11-15(18)19)13-5-7-14(20-3)8-6-13/h5-8H,4,9-12H2,1-3H3,(H,18,19)/p-1/t16-,17-/m0/s1. The quantitative estimate of drug-likeness (QED) is 0.833. The fourth-order valence-electron chi connectivity index (χ4n) is 3.30. The van der Waals surface area contributed by atoms with Gasteiger partial charge in [0.05, 0.1) is 12.7 Å². The lowest BCUT2D eigenvalue weighted by molar-refractivity contribution is -0.308. The van der Waals surface area contributed by atoms with E-state index in [1.54, 1.807) is 7.11 Å². The number of rotatable bonds is 5. The van der Waals surface area contributed by atoms with Gasteiger partial charge in [-0.2, -0.15) is 0 Å². The van der Waals surface area contributed by atoms with Crippen LogP contribution in [0.2, 0.25) is 0 Å². The van der Waals surface area contributed by atoms with Gasteiger partial charge in [-0.25, -0.2) is 0 Å². The van der Waals surface area contributed by atoms with E-state index < -0.39 is 11.4 Å². The van der Waals surface area contributed by atoms with Crippen LogP contribution in [0.4, 0.5) is 0 Å². The number of ether oxygens (including phenoxy) is 2. The van der Waals surface area contributed by atoms with Crippen molar-refractivity contribution in [3.05, 3.63) is 29.8 Å². The molecule has 0 amide bonds. The molecule has 1 heterocycles. The number of hydrogen-bond donors (Lipinski definition) is 0. The SMILES string of the molecule is CC[C@@]1(C)C[C@](CC(=O)[O-])(c2ccc(OC)cc2)CCO1. The topological polar surface area (TPSA) is 58.6 Å². The first kappa shape index (κ1) is 15.8. The monoisotopic (exact) mass is 291 g/mol. The zero-order valence-corrected chi connectivity index (χ0v) is 13.0. The molecule has 21 heavy (non-hydrogen) atoms. The van der Waals surface area contributed by atoms with Crippen LogP contribution in [-0.4, -0.2) is 25.3 Å². The number of methoxy groups -OCH3 is 1. The molecular formula is C17H23O4-. The smallest absolute Gasteiger partial charge is 0.118 e. The molecule has 1 aliphatic rings. The molecule has 0 N–H and O–H groups in total. The average Bonchev–Trinajstić information content (AvgIpc) is 2.47. The fraction of sp³-hybridized carbons (Fsp3) is 0.588. The van der Waals surface area contributed by atoms with E-state index in [0.717, 1.165) is 17.7 Å². The van der Waals surface area contributed by atoms with Crippen molar-refractivity contribution in [3.63, 3.8) is 0 Å². The fourth-order valence-corrected chi connectivity index (χ4v) is 3.30. The minimum absolute atomic E-state index is 0.0261. The average molecular weight is 291 g/mol. The Labute approximate surface area is 126 Å². The van der Waals surface area contributed by atoms with Crippen molar-refractivity contribution in [1.82, 2.24) is 0 Å². The molecule has 0 spiro atoms. The summed E-state index contributed by atoms with van der Waals surface area (Å²) in [4.78, 5) is 11.3. The lowest BCUT2D eigenvalue weighted by Crippen LogP contribution is -2.48. The van der Waals surface area contributed by atoms with Crippen LogP contribution in [-0.2, 0) is 14.9 Å². The van der Waals surface area contributed by atoms with Gasteiger partial charge in [-0.3, -0.25) is 0 Å². The van der Waals surface area contributed by atoms with E-state index in [-0.39, 0.29) is 12.0 Å². The summed E-state index contributed by atoms with van der Waals surface area (Å²) in [6, 6.07) is 7.68. The molecular weight excluding hydrogens is 268 g/mol. The lowest BCUT2D eigenvalue weighted by atomic mass is 9.66. The Balaban J connectivity index is 2.38. The Morgan fingerprint density at radius 3 is 2.57 bits per heavy atom. The van der Waals surface area contributed by atoms with Gasteiger partial charge in [-0.05, 0) is 50.3 Å². The van der Waals surface area contributed by atoms with E-state index in [2.05, 4.69) is 13.8 Å². The maximum absolute atomic E-state index is 11.3. The molecule has 116 valence electrons. The van der Waals surface area contributed by atoms with Crippen molar-refractivity contribution < 1.29 is 19.4 Å². The Kier molecular flexibility index (Phi) is 4.57. The molecule has 0 radical (unpaired) electrons. The first-order valence-electron chi connectivity index (χ1n) is 7.41. The van der Waals surface area contributed by atoms with Crippen molar-refractivity contribution in [1.29, 1.82) is 0 Å². The number of carbonyl (C=O) groups is 1. The highest BCUT2D eigenvalue weighted by Crippen LogP contribution is 2.45. The molecule has 0 saturated carbocycles. The molecule has 1 aliphatic heterocycles. The van der Waals surface area contributed by atoms with E-state index >= 15 is 0 Å². The maximum atomic E-state index is 11.3. The number of aliphatic carboxylic acids is 1. The third-order valence-corrected chi connectivity index (χ3v) is 4.68. The predicted molar refractivity (Wildman–Crippen MR) is 78.2 cm³/mol. The maximum Gasteiger partial charge on any atom is 0.118 e. The van der Waals surface area contributed by atoms with Gasteiger partial charge < -0.3 is 19.4 Å². The van der Waals surface area contributed by atoms with Crippen LogP contribution in [0.3, 0.4) is 0 Å². The lowest BCUT2D eigenvalue weighted by Gasteiger charge is -2.47. The van der Waals surface area contributed by atoms with Gasteiger partial charge in [-0.15, -0.1) is 0 Å². The summed E-state index contributed by atoms with van der Waals surface area (Å²) in [5.41, 5.74) is 0.317. The molecule has 1 saturated heterocycles. The minimum atomic E-state index is -1.01. The molecule has 1 aromatic carbocycles. The summed E-state index contributed by atoms with van der Waals surface area (Å²) in [5.74, 6) is -0.237. The van der Waals surface area contributed by atoms with Gasteiger partial charge in [0, 0.05) is 18.0 Å². The van der Waals surface area contributed by atoms with E-state index in [0.29, 0.717) is 19.4 Å². The summed E-state index contributed by atoms with van der Waals surface area (Å²) in [7, 11) is 1.62. The second kappa shape index (κ2) is 6.06. The summed E-state index contributed by atoms with van der Waals surface area (Å²) < 4.78 is 11.1. The minimum Gasteiger partial charge on any atom is -0.550 e. The summed E-state index contributed by atoms with van der Waals surface area (Å²) in [6.45, 7) is 4.70. The van der Waals surface area contributed by atoms with Crippen LogP contribution >= 0.6 is 0 Å². The summed E-state index contributed by atoms with van der Waals surface area (Å²) in [5, 5.41) is 11.3. The Hall–Kier alpha value is -1.55. The van der Waals surface area contributed by atoms with E-state index in [4.69, 9.17) is 9.47 Å². The molecule has 0 aliphatic carbocycles. The van der Waals surface area contributed by atoms with Gasteiger partial charge in [0.2, 0.25) is 0 Å². The normalized spacial score (nSPS) is 29.1. The molecule has 0 unspecified atom stereocenters. The molecule has 4 nitrogen and oxygen atoms in total. The number of carboxylic acids is 1. The van der Waals surface area contributed by atoms with Crippen LogP contribution < -0.4 is 9.84 Å². The third kappa shape index (κ3) is 3.38. The number of hydrogen-bond acceptors (Lipinski definition) is 4. The van der Waals surface area contributed by atoms with Crippen molar-refractivity contribution >= 4 is 5.97 Å². The molecule has 4 heteroatoms. The highest BCUT2D eigenvalue weighted by Gasteiger charge is 2.43. The Bertz CT molecular complexity index is 496. The van der Waals surface area contributed by atoms with Crippen LogP contribution in [0, 0.1) is 0 Å². The Morgan fingerprint density at radius 1 is 1.38 bits per heavy atom. The van der Waals surface area contributed by atoms with Crippen molar-refractivity contribution in [3.8, 4) is 5.75 Å². The zero-order chi connectivity index (χ0) is 15.5. The van der Waals surface area contributed by atoms with E-state index in [1.807, 2.05) is 24.3 Å². The molecule has 2 rings (SSSR count). The van der Waals surface area contributed by atoms with E-state index in [1.165, 1.54) is 0 Å². The molecule has 2 atom stereocenters. The summed E-state index contributed by atoms with van der Waals surface area (Å²) >= 11 is 0. The van der Waals surface area contributed by atoms with Gasteiger partial charge in [0.1, 0.15) is 5.75 Å². The van der Waals surface area contributed by atoms with Gasteiger partial charge in [-0.1, -0.05) is 19.1 Å². The van der Waals surface area contributed by atoms with Crippen LogP contribution in [0.5, 0.6) is 5.75 Å². The number of carbonyl (C=O) groups excluding carboxylic acids is 1. The van der Waals surface area contributed by atoms with Crippen LogP contribution in [0.25, 0.3) is 0 Å². The molecule has 1 fully saturated rings. The highest BCUT2D eigenvalue weighted by atomic mass is 16.5. The first-order chi connectivity index (χ1) is 9.93. The molecule has 0 bridgehead atoms. The van der Waals surface area contributed by atoms with Crippen molar-refractivity contribution in [2.45, 2.75) is 50.5 Å². The zero-order valence-electron chi connectivity index (χ0n) is 13.0. The van der Waals surface area contributed by atoms with Gasteiger partial charge in [0.15, 0.2) is 0 Å². The van der Waals surface area contributed by atoms with Crippen molar-refractivity contribution in [2.24, 2.45) is 0 Å². The second-order valence-corrected chi connectivity index (χ2v) is 6.14. The molecule has 0 aromatic heterocycles. The van der Waals surface area contributed by atoms with Crippen molar-refractivity contribution in [2.75, 3.05) is 13.7 Å². The number of carboxylic acid groups (broad SMARTS) is 1. The van der Waals surface area contributed by atoms with Gasteiger partial charge in [0.25, 0.3) is 0 Å². The largest absolute Gasteiger partial charge is 0.550 e. The van der Waals surface area contributed by atoms with Crippen LogP contribution in [0.1, 0.15) is 45.1 Å².